The number of fused-ring (bicyclic) bond motifs is 1. The Hall–Kier alpha value is -2.08. The van der Waals surface area contributed by atoms with Gasteiger partial charge in [0.15, 0.2) is 0 Å². The van der Waals surface area contributed by atoms with Gasteiger partial charge in [-0.25, -0.2) is 4.79 Å². The molecule has 1 heterocycles. The molecule has 0 bridgehead atoms. The molecule has 0 aromatic heterocycles. The van der Waals surface area contributed by atoms with Crippen molar-refractivity contribution in [3.8, 4) is 0 Å². The lowest BCUT2D eigenvalue weighted by Gasteiger charge is -2.26. The molecule has 1 aromatic carbocycles. The Kier molecular flexibility index (Phi) is 4.24. The third-order valence-electron chi connectivity index (χ3n) is 3.67. The lowest BCUT2D eigenvalue weighted by atomic mass is 10.1. The van der Waals surface area contributed by atoms with E-state index in [1.54, 1.807) is 6.92 Å². The molecule has 6 nitrogen and oxygen atoms in total. The Morgan fingerprint density at radius 3 is 2.70 bits per heavy atom. The Morgan fingerprint density at radius 2 is 2.00 bits per heavy atom. The molecular weight excluding hydrogens is 256 g/mol. The van der Waals surface area contributed by atoms with Gasteiger partial charge in [0.25, 0.3) is 0 Å². The Balaban J connectivity index is 2.15. The first kappa shape index (κ1) is 14.3. The molecule has 20 heavy (non-hydrogen) atoms. The molecule has 1 aromatic rings. The molecule has 0 saturated carbocycles. The summed E-state index contributed by atoms with van der Waals surface area (Å²) in [6.45, 7) is 4.03. The number of anilines is 1. The fourth-order valence-electron chi connectivity index (χ4n) is 2.44. The highest BCUT2D eigenvalue weighted by Crippen LogP contribution is 2.24. The topological polar surface area (TPSA) is 78.7 Å². The maximum Gasteiger partial charge on any atom is 0.318 e. The highest BCUT2D eigenvalue weighted by atomic mass is 16.2. The zero-order valence-electron chi connectivity index (χ0n) is 11.8. The number of carbonyl (C=O) groups is 2. The van der Waals surface area contributed by atoms with Crippen molar-refractivity contribution >= 4 is 17.6 Å². The molecule has 3 N–H and O–H groups in total. The Labute approximate surface area is 118 Å². The van der Waals surface area contributed by atoms with Gasteiger partial charge in [-0.1, -0.05) is 18.2 Å². The fraction of sp³-hybridized carbons (Fsp3) is 0.429. The van der Waals surface area contributed by atoms with Crippen LogP contribution in [0.15, 0.2) is 24.3 Å². The van der Waals surface area contributed by atoms with E-state index in [0.29, 0.717) is 6.54 Å². The minimum Gasteiger partial charge on any atom is -0.373 e. The van der Waals surface area contributed by atoms with E-state index in [0.717, 1.165) is 13.1 Å². The molecule has 2 rings (SSSR count). The predicted molar refractivity (Wildman–Crippen MR) is 77.3 cm³/mol. The fourth-order valence-corrected chi connectivity index (χ4v) is 2.44. The van der Waals surface area contributed by atoms with Crippen molar-refractivity contribution in [2.75, 3.05) is 25.0 Å². The SMILES string of the molecule is CC(C(=O)NC(N)=O)N1CCN(C)c2ccccc2C1. The van der Waals surface area contributed by atoms with Crippen LogP contribution in [0.5, 0.6) is 0 Å². The quantitative estimate of drug-likeness (QED) is 0.825. The summed E-state index contributed by atoms with van der Waals surface area (Å²) in [4.78, 5) is 26.9. The molecule has 0 spiro atoms. The molecule has 1 unspecified atom stereocenters. The van der Waals surface area contributed by atoms with Crippen molar-refractivity contribution in [2.24, 2.45) is 5.73 Å². The van der Waals surface area contributed by atoms with Crippen LogP contribution in [0.3, 0.4) is 0 Å². The van der Waals surface area contributed by atoms with Crippen LogP contribution < -0.4 is 16.0 Å². The number of amides is 3. The van der Waals surface area contributed by atoms with Gasteiger partial charge < -0.3 is 10.6 Å². The lowest BCUT2D eigenvalue weighted by molar-refractivity contribution is -0.124. The largest absolute Gasteiger partial charge is 0.373 e. The van der Waals surface area contributed by atoms with Gasteiger partial charge in [0.2, 0.25) is 5.91 Å². The van der Waals surface area contributed by atoms with Crippen LogP contribution in [0, 0.1) is 0 Å². The van der Waals surface area contributed by atoms with Gasteiger partial charge in [-0.3, -0.25) is 15.0 Å². The second-order valence-corrected chi connectivity index (χ2v) is 5.05. The van der Waals surface area contributed by atoms with Gasteiger partial charge in [0.05, 0.1) is 6.04 Å². The van der Waals surface area contributed by atoms with Crippen molar-refractivity contribution in [3.63, 3.8) is 0 Å². The summed E-state index contributed by atoms with van der Waals surface area (Å²) in [5, 5.41) is 2.14. The van der Waals surface area contributed by atoms with Crippen LogP contribution in [0.1, 0.15) is 12.5 Å². The molecular formula is C14H20N4O2. The second-order valence-electron chi connectivity index (χ2n) is 5.05. The number of nitrogens with zero attached hydrogens (tertiary/aromatic N) is 2. The lowest BCUT2D eigenvalue weighted by Crippen LogP contribution is -2.49. The number of urea groups is 1. The Morgan fingerprint density at radius 1 is 1.30 bits per heavy atom. The minimum absolute atomic E-state index is 0.362. The molecule has 3 amide bonds. The van der Waals surface area contributed by atoms with E-state index in [2.05, 4.69) is 22.3 Å². The van der Waals surface area contributed by atoms with Crippen LogP contribution >= 0.6 is 0 Å². The van der Waals surface area contributed by atoms with Gasteiger partial charge in [-0.15, -0.1) is 0 Å². The molecule has 1 aliphatic rings. The molecule has 0 fully saturated rings. The average molecular weight is 276 g/mol. The first-order chi connectivity index (χ1) is 9.49. The molecule has 0 radical (unpaired) electrons. The molecule has 108 valence electrons. The number of benzene rings is 1. The molecule has 1 aliphatic heterocycles. The van der Waals surface area contributed by atoms with Crippen molar-refractivity contribution in [1.29, 1.82) is 0 Å². The molecule has 1 atom stereocenters. The number of nitrogens with one attached hydrogen (secondary N) is 1. The first-order valence-corrected chi connectivity index (χ1v) is 6.62. The Bertz CT molecular complexity index is 518. The number of carbonyl (C=O) groups excluding carboxylic acids is 2. The number of imide groups is 1. The summed E-state index contributed by atoms with van der Waals surface area (Å²) in [7, 11) is 2.04. The van der Waals surface area contributed by atoms with Crippen molar-refractivity contribution in [2.45, 2.75) is 19.5 Å². The zero-order valence-corrected chi connectivity index (χ0v) is 11.8. The number of nitrogens with two attached hydrogens (primary N) is 1. The predicted octanol–water partition coefficient (Wildman–Crippen LogP) is 0.522. The van der Waals surface area contributed by atoms with Crippen molar-refractivity contribution < 1.29 is 9.59 Å². The van der Waals surface area contributed by atoms with E-state index in [-0.39, 0.29) is 5.91 Å². The summed E-state index contributed by atoms with van der Waals surface area (Å²) in [6, 6.07) is 6.92. The maximum atomic E-state index is 11.9. The summed E-state index contributed by atoms with van der Waals surface area (Å²) in [6.07, 6.45) is 0. The van der Waals surface area contributed by atoms with E-state index < -0.39 is 12.1 Å². The number of hydrogen-bond acceptors (Lipinski definition) is 4. The number of rotatable bonds is 2. The highest BCUT2D eigenvalue weighted by molar-refractivity contribution is 5.96. The third kappa shape index (κ3) is 3.08. The van der Waals surface area contributed by atoms with E-state index in [4.69, 9.17) is 5.73 Å². The monoisotopic (exact) mass is 276 g/mol. The standard InChI is InChI=1S/C14H20N4O2/c1-10(13(19)16-14(15)20)18-8-7-17(2)12-6-4-3-5-11(12)9-18/h3-6,10H,7-9H2,1-2H3,(H3,15,16,19,20). The summed E-state index contributed by atoms with van der Waals surface area (Å²) in [5.74, 6) is -0.362. The second kappa shape index (κ2) is 5.92. The highest BCUT2D eigenvalue weighted by Gasteiger charge is 2.25. The van der Waals surface area contributed by atoms with E-state index in [1.807, 2.05) is 24.1 Å². The van der Waals surface area contributed by atoms with E-state index in [9.17, 15) is 9.59 Å². The maximum absolute atomic E-state index is 11.9. The van der Waals surface area contributed by atoms with Gasteiger partial charge in [-0.05, 0) is 18.6 Å². The molecule has 0 aliphatic carbocycles. The zero-order chi connectivity index (χ0) is 14.7. The van der Waals surface area contributed by atoms with Crippen molar-refractivity contribution in [1.82, 2.24) is 10.2 Å². The van der Waals surface area contributed by atoms with E-state index in [1.165, 1.54) is 11.3 Å². The normalized spacial score (nSPS) is 17.0. The van der Waals surface area contributed by atoms with Crippen LogP contribution in [0.4, 0.5) is 10.5 Å². The molecule has 6 heteroatoms. The van der Waals surface area contributed by atoms with Crippen LogP contribution in [0.25, 0.3) is 0 Å². The number of para-hydroxylation sites is 1. The third-order valence-corrected chi connectivity index (χ3v) is 3.67. The average Bonchev–Trinajstić information content (AvgIpc) is 2.57. The van der Waals surface area contributed by atoms with Crippen LogP contribution in [0.2, 0.25) is 0 Å². The smallest absolute Gasteiger partial charge is 0.318 e. The minimum atomic E-state index is -0.811. The van der Waals surface area contributed by atoms with Crippen LogP contribution in [-0.2, 0) is 11.3 Å². The van der Waals surface area contributed by atoms with Crippen molar-refractivity contribution in [3.05, 3.63) is 29.8 Å². The number of likely N-dealkylation sites (N-methyl/N-ethyl adjacent to an activating group) is 1. The number of hydrogen-bond donors (Lipinski definition) is 2. The summed E-state index contributed by atoms with van der Waals surface area (Å²) < 4.78 is 0. The number of primary amides is 1. The molecule has 0 saturated heterocycles. The first-order valence-electron chi connectivity index (χ1n) is 6.62. The van der Waals surface area contributed by atoms with Crippen LogP contribution in [-0.4, -0.2) is 43.0 Å². The van der Waals surface area contributed by atoms with E-state index >= 15 is 0 Å². The van der Waals surface area contributed by atoms with Gasteiger partial charge >= 0.3 is 6.03 Å². The van der Waals surface area contributed by atoms with Gasteiger partial charge in [0.1, 0.15) is 0 Å². The van der Waals surface area contributed by atoms with Gasteiger partial charge in [-0.2, -0.15) is 0 Å². The van der Waals surface area contributed by atoms with Gasteiger partial charge in [0, 0.05) is 32.4 Å². The summed E-state index contributed by atoms with van der Waals surface area (Å²) in [5.41, 5.74) is 7.34. The summed E-state index contributed by atoms with van der Waals surface area (Å²) >= 11 is 0.